The van der Waals surface area contributed by atoms with Gasteiger partial charge in [0.2, 0.25) is 11.8 Å². The Balaban J connectivity index is 2.20. The molecule has 6 nitrogen and oxygen atoms in total. The van der Waals surface area contributed by atoms with Crippen molar-refractivity contribution in [3.8, 4) is 0 Å². The number of hydrogen-bond donors (Lipinski definition) is 3. The van der Waals surface area contributed by atoms with E-state index in [2.05, 4.69) is 16.0 Å². The highest BCUT2D eigenvalue weighted by atomic mass is 35.5. The second-order valence-corrected chi connectivity index (χ2v) is 7.17. The number of amides is 3. The van der Waals surface area contributed by atoms with Crippen LogP contribution in [0.3, 0.4) is 0 Å². The Hall–Kier alpha value is -2.86. The molecule has 3 N–H and O–H groups in total. The molecule has 28 heavy (non-hydrogen) atoms. The van der Waals surface area contributed by atoms with Crippen molar-refractivity contribution in [2.45, 2.75) is 39.3 Å². The van der Waals surface area contributed by atoms with E-state index in [0.717, 1.165) is 5.56 Å². The highest BCUT2D eigenvalue weighted by Gasteiger charge is 2.19. The Morgan fingerprint density at radius 3 is 2.29 bits per heavy atom. The minimum Gasteiger partial charge on any atom is -0.350 e. The average Bonchev–Trinajstić information content (AvgIpc) is 2.61. The van der Waals surface area contributed by atoms with Gasteiger partial charge in [-0.1, -0.05) is 41.9 Å². The zero-order chi connectivity index (χ0) is 20.7. The first-order chi connectivity index (χ1) is 13.3. The van der Waals surface area contributed by atoms with E-state index in [9.17, 15) is 14.4 Å². The van der Waals surface area contributed by atoms with E-state index in [1.165, 1.54) is 13.0 Å². The zero-order valence-corrected chi connectivity index (χ0v) is 16.8. The number of benzene rings is 2. The fourth-order valence-electron chi connectivity index (χ4n) is 2.73. The molecule has 0 aliphatic carbocycles. The molecule has 0 radical (unpaired) electrons. The first-order valence-electron chi connectivity index (χ1n) is 8.98. The van der Waals surface area contributed by atoms with Crippen LogP contribution in [0.2, 0.25) is 5.02 Å². The maximum Gasteiger partial charge on any atom is 0.253 e. The van der Waals surface area contributed by atoms with Crippen LogP contribution in [0.1, 0.15) is 49.2 Å². The van der Waals surface area contributed by atoms with Gasteiger partial charge in [-0.3, -0.25) is 14.4 Å². The van der Waals surface area contributed by atoms with Gasteiger partial charge in [0.1, 0.15) is 0 Å². The predicted octanol–water partition coefficient (Wildman–Crippen LogP) is 3.68. The van der Waals surface area contributed by atoms with E-state index in [4.69, 9.17) is 11.6 Å². The highest BCUT2D eigenvalue weighted by Crippen LogP contribution is 2.23. The monoisotopic (exact) mass is 401 g/mol. The molecule has 0 heterocycles. The van der Waals surface area contributed by atoms with E-state index >= 15 is 0 Å². The number of anilines is 1. The van der Waals surface area contributed by atoms with E-state index in [1.807, 2.05) is 44.2 Å². The molecule has 3 amide bonds. The molecule has 0 spiro atoms. The van der Waals surface area contributed by atoms with Crippen molar-refractivity contribution in [3.05, 3.63) is 64.7 Å². The molecular weight excluding hydrogens is 378 g/mol. The molecule has 0 saturated carbocycles. The molecule has 148 valence electrons. The van der Waals surface area contributed by atoms with Gasteiger partial charge in [0.25, 0.3) is 5.91 Å². The van der Waals surface area contributed by atoms with Crippen LogP contribution in [0, 0.1) is 0 Å². The summed E-state index contributed by atoms with van der Waals surface area (Å²) in [7, 11) is 0. The van der Waals surface area contributed by atoms with E-state index in [-0.39, 0.29) is 30.2 Å². The first-order valence-corrected chi connectivity index (χ1v) is 9.36. The molecule has 1 unspecified atom stereocenters. The number of nitrogens with one attached hydrogen (secondary N) is 3. The molecule has 0 fully saturated rings. The van der Waals surface area contributed by atoms with Gasteiger partial charge >= 0.3 is 0 Å². The fourth-order valence-corrected chi connectivity index (χ4v) is 2.90. The zero-order valence-electron chi connectivity index (χ0n) is 16.1. The summed E-state index contributed by atoms with van der Waals surface area (Å²) in [4.78, 5) is 36.6. The molecular formula is C21H24ClN3O3. The number of halogens is 1. The van der Waals surface area contributed by atoms with Crippen LogP contribution in [0.5, 0.6) is 0 Å². The van der Waals surface area contributed by atoms with Crippen molar-refractivity contribution in [2.24, 2.45) is 0 Å². The Labute approximate surface area is 169 Å². The van der Waals surface area contributed by atoms with Crippen LogP contribution in [0.15, 0.2) is 48.5 Å². The maximum atomic E-state index is 12.6. The van der Waals surface area contributed by atoms with Crippen molar-refractivity contribution in [3.63, 3.8) is 0 Å². The predicted molar refractivity (Wildman–Crippen MR) is 110 cm³/mol. The summed E-state index contributed by atoms with van der Waals surface area (Å²) in [5.41, 5.74) is 1.46. The number of carbonyl (C=O) groups excluding carboxylic acids is 3. The summed E-state index contributed by atoms with van der Waals surface area (Å²) in [6, 6.07) is 13.4. The lowest BCUT2D eigenvalue weighted by Crippen LogP contribution is -2.32. The normalized spacial score (nSPS) is 11.6. The molecule has 2 aromatic rings. The summed E-state index contributed by atoms with van der Waals surface area (Å²) in [5.74, 6) is -0.881. The summed E-state index contributed by atoms with van der Waals surface area (Å²) < 4.78 is 0. The second-order valence-electron chi connectivity index (χ2n) is 6.73. The summed E-state index contributed by atoms with van der Waals surface area (Å²) in [5, 5.41) is 8.72. The van der Waals surface area contributed by atoms with Crippen LogP contribution >= 0.6 is 11.6 Å². The van der Waals surface area contributed by atoms with Gasteiger partial charge in [-0.05, 0) is 37.6 Å². The highest BCUT2D eigenvalue weighted by molar-refractivity contribution is 6.31. The molecule has 0 saturated heterocycles. The molecule has 0 bridgehead atoms. The number of hydrogen-bond acceptors (Lipinski definition) is 3. The SMILES string of the molecule is CC(=O)NC(CC(=O)Nc1cc(Cl)ccc1C(=O)NC(C)C)c1ccccc1. The van der Waals surface area contributed by atoms with Crippen molar-refractivity contribution in [2.75, 3.05) is 5.32 Å². The molecule has 2 rings (SSSR count). The first kappa shape index (κ1) is 21.4. The van der Waals surface area contributed by atoms with E-state index in [1.54, 1.807) is 12.1 Å². The third kappa shape index (κ3) is 6.39. The standard InChI is InChI=1S/C21H24ClN3O3/c1-13(2)23-21(28)17-10-9-16(22)11-19(17)25-20(27)12-18(24-14(3)26)15-7-5-4-6-8-15/h4-11,13,18H,12H2,1-3H3,(H,23,28)(H,24,26)(H,25,27). The molecule has 1 atom stereocenters. The Morgan fingerprint density at radius 2 is 1.68 bits per heavy atom. The lowest BCUT2D eigenvalue weighted by molar-refractivity contribution is -0.120. The van der Waals surface area contributed by atoms with E-state index < -0.39 is 6.04 Å². The summed E-state index contributed by atoms with van der Waals surface area (Å²) >= 11 is 6.04. The van der Waals surface area contributed by atoms with Gasteiger partial charge in [0.05, 0.1) is 23.7 Å². The minimum atomic E-state index is -0.481. The summed E-state index contributed by atoms with van der Waals surface area (Å²) in [6.45, 7) is 5.10. The van der Waals surface area contributed by atoms with Crippen molar-refractivity contribution in [1.82, 2.24) is 10.6 Å². The quantitative estimate of drug-likeness (QED) is 0.661. The molecule has 2 aromatic carbocycles. The lowest BCUT2D eigenvalue weighted by Gasteiger charge is -2.19. The van der Waals surface area contributed by atoms with Gasteiger partial charge < -0.3 is 16.0 Å². The van der Waals surface area contributed by atoms with Gasteiger partial charge in [-0.25, -0.2) is 0 Å². The van der Waals surface area contributed by atoms with Crippen LogP contribution in [-0.4, -0.2) is 23.8 Å². The van der Waals surface area contributed by atoms with E-state index in [0.29, 0.717) is 16.3 Å². The average molecular weight is 402 g/mol. The van der Waals surface area contributed by atoms with Gasteiger partial charge in [0.15, 0.2) is 0 Å². The molecule has 0 aliphatic rings. The molecule has 0 aliphatic heterocycles. The third-order valence-electron chi connectivity index (χ3n) is 3.89. The van der Waals surface area contributed by atoms with Crippen molar-refractivity contribution >= 4 is 35.0 Å². The lowest BCUT2D eigenvalue weighted by atomic mass is 10.0. The summed E-state index contributed by atoms with van der Waals surface area (Å²) in [6.07, 6.45) is 0.0152. The Bertz CT molecular complexity index is 853. The van der Waals surface area contributed by atoms with Crippen LogP contribution in [-0.2, 0) is 9.59 Å². The van der Waals surface area contributed by atoms with Crippen molar-refractivity contribution in [1.29, 1.82) is 0 Å². The largest absolute Gasteiger partial charge is 0.350 e. The maximum absolute atomic E-state index is 12.6. The Kier molecular flexibility index (Phi) is 7.58. The second kappa shape index (κ2) is 9.90. The smallest absolute Gasteiger partial charge is 0.253 e. The molecule has 0 aromatic heterocycles. The van der Waals surface area contributed by atoms with Gasteiger partial charge in [-0.2, -0.15) is 0 Å². The van der Waals surface area contributed by atoms with Crippen LogP contribution < -0.4 is 16.0 Å². The fraction of sp³-hybridized carbons (Fsp3) is 0.286. The number of carbonyl (C=O) groups is 3. The topological polar surface area (TPSA) is 87.3 Å². The third-order valence-corrected chi connectivity index (χ3v) is 4.12. The van der Waals surface area contributed by atoms with Crippen LogP contribution in [0.25, 0.3) is 0 Å². The number of rotatable bonds is 7. The minimum absolute atomic E-state index is 0.0152. The van der Waals surface area contributed by atoms with Crippen LogP contribution in [0.4, 0.5) is 5.69 Å². The molecule has 7 heteroatoms. The van der Waals surface area contributed by atoms with Gasteiger partial charge in [-0.15, -0.1) is 0 Å². The Morgan fingerprint density at radius 1 is 1.00 bits per heavy atom. The van der Waals surface area contributed by atoms with Crippen molar-refractivity contribution < 1.29 is 14.4 Å². The van der Waals surface area contributed by atoms with Gasteiger partial charge in [0, 0.05) is 18.0 Å².